The summed E-state index contributed by atoms with van der Waals surface area (Å²) in [5.41, 5.74) is 8.45. The predicted octanol–water partition coefficient (Wildman–Crippen LogP) is 4.79. The number of ether oxygens (including phenoxy) is 1. The van der Waals surface area contributed by atoms with E-state index in [0.29, 0.717) is 33.4 Å². The Balaban J connectivity index is 0.00000423. The Morgan fingerprint density at radius 1 is 1.05 bits per heavy atom. The first-order chi connectivity index (χ1) is 20.2. The molecule has 0 saturated heterocycles. The van der Waals surface area contributed by atoms with Crippen LogP contribution in [-0.2, 0) is 16.1 Å². The molecule has 2 atom stereocenters. The lowest BCUT2D eigenvalue weighted by Gasteiger charge is -2.27. The molecule has 43 heavy (non-hydrogen) atoms. The maximum Gasteiger partial charge on any atom is 0.258 e. The number of nitrogens with zero attached hydrogens (tertiary/aromatic N) is 2. The van der Waals surface area contributed by atoms with E-state index in [1.54, 1.807) is 68.4 Å². The zero-order valence-corrected chi connectivity index (χ0v) is 25.5. The number of nitrogens with two attached hydrogens (primary N) is 1. The maximum atomic E-state index is 14.4. The Morgan fingerprint density at radius 3 is 2.47 bits per heavy atom. The van der Waals surface area contributed by atoms with Crippen LogP contribution < -0.4 is 30.9 Å². The Morgan fingerprint density at radius 2 is 1.77 bits per heavy atom. The molecule has 224 valence electrons. The maximum absolute atomic E-state index is 14.4. The van der Waals surface area contributed by atoms with Gasteiger partial charge in [0.1, 0.15) is 11.8 Å². The van der Waals surface area contributed by atoms with Crippen LogP contribution in [0.4, 0.5) is 17.1 Å². The van der Waals surface area contributed by atoms with Gasteiger partial charge in [-0.1, -0.05) is 41.9 Å². The van der Waals surface area contributed by atoms with E-state index in [1.807, 2.05) is 36.4 Å². The first-order valence-electron chi connectivity index (χ1n) is 13.5. The topological polar surface area (TPSA) is 117 Å². The van der Waals surface area contributed by atoms with Gasteiger partial charge in [0.2, 0.25) is 5.91 Å². The number of nitrogens with one attached hydrogen (secondary N) is 2. The van der Waals surface area contributed by atoms with Gasteiger partial charge in [-0.25, -0.2) is 0 Å². The zero-order valence-electron chi connectivity index (χ0n) is 24.0. The quantitative estimate of drug-likeness (QED) is 0.255. The van der Waals surface area contributed by atoms with Crippen molar-refractivity contribution in [1.29, 1.82) is 0 Å². The van der Waals surface area contributed by atoms with Crippen molar-refractivity contribution in [2.24, 2.45) is 0 Å². The average Bonchev–Trinajstić information content (AvgIpc) is 3.11. The standard InChI is InChI=1S/C32H32ClN5O4.ClH/c1-19(35-2)30(39)36-26-18-38(31(40)21-8-12-23(34)13-9-21)28-16-22(33)11-14-27(28)37(32(26)41)17-25-24-7-5-4-6-20(24)10-15-29(25)42-3;/h4-16,19,26,35H,17-18,34H2,1-3H3,(H,36,39);1H. The molecule has 0 fully saturated rings. The minimum Gasteiger partial charge on any atom is -0.496 e. The summed E-state index contributed by atoms with van der Waals surface area (Å²) in [6, 6.07) is 21.6. The number of anilines is 3. The van der Waals surface area contributed by atoms with Gasteiger partial charge in [-0.15, -0.1) is 12.4 Å². The van der Waals surface area contributed by atoms with Gasteiger partial charge >= 0.3 is 0 Å². The number of hydrogen-bond acceptors (Lipinski definition) is 6. The van der Waals surface area contributed by atoms with Crippen molar-refractivity contribution in [2.75, 3.05) is 36.2 Å². The number of likely N-dealkylation sites (N-methyl/N-ethyl adjacent to an activating group) is 1. The molecular weight excluding hydrogens is 589 g/mol. The van der Waals surface area contributed by atoms with Crippen molar-refractivity contribution >= 4 is 69.6 Å². The normalized spacial score (nSPS) is 15.3. The Kier molecular flexibility index (Phi) is 9.80. The third-order valence-corrected chi connectivity index (χ3v) is 7.76. The van der Waals surface area contributed by atoms with Gasteiger partial charge in [-0.3, -0.25) is 14.4 Å². The number of fused-ring (bicyclic) bond motifs is 2. The average molecular weight is 623 g/mol. The van der Waals surface area contributed by atoms with Crippen molar-refractivity contribution in [3.8, 4) is 5.75 Å². The van der Waals surface area contributed by atoms with Crippen molar-refractivity contribution in [3.63, 3.8) is 0 Å². The third-order valence-electron chi connectivity index (χ3n) is 7.53. The summed E-state index contributed by atoms with van der Waals surface area (Å²) in [6.07, 6.45) is 0. The molecule has 3 amide bonds. The molecule has 4 aromatic carbocycles. The molecule has 1 heterocycles. The second-order valence-corrected chi connectivity index (χ2v) is 10.6. The zero-order chi connectivity index (χ0) is 30.0. The molecule has 1 aliphatic rings. The Labute approximate surface area is 261 Å². The van der Waals surface area contributed by atoms with Crippen LogP contribution in [0.3, 0.4) is 0 Å². The molecule has 0 aromatic heterocycles. The highest BCUT2D eigenvalue weighted by atomic mass is 35.5. The van der Waals surface area contributed by atoms with Gasteiger partial charge in [0, 0.05) is 21.8 Å². The summed E-state index contributed by atoms with van der Waals surface area (Å²) < 4.78 is 5.72. The van der Waals surface area contributed by atoms with Gasteiger partial charge in [-0.2, -0.15) is 0 Å². The first kappa shape index (κ1) is 31.6. The fourth-order valence-electron chi connectivity index (χ4n) is 5.11. The van der Waals surface area contributed by atoms with Crippen LogP contribution in [0.15, 0.2) is 78.9 Å². The van der Waals surface area contributed by atoms with Gasteiger partial charge in [0.15, 0.2) is 0 Å². The summed E-state index contributed by atoms with van der Waals surface area (Å²) in [7, 11) is 3.24. The van der Waals surface area contributed by atoms with Crippen LogP contribution in [0.5, 0.6) is 5.75 Å². The summed E-state index contributed by atoms with van der Waals surface area (Å²) in [6.45, 7) is 1.71. The number of methoxy groups -OCH3 is 1. The monoisotopic (exact) mass is 621 g/mol. The van der Waals surface area contributed by atoms with E-state index in [4.69, 9.17) is 22.1 Å². The number of carbonyl (C=O) groups excluding carboxylic acids is 3. The molecule has 11 heteroatoms. The second kappa shape index (κ2) is 13.3. The number of rotatable bonds is 7. The number of halogens is 2. The minimum atomic E-state index is -1.06. The van der Waals surface area contributed by atoms with E-state index in [2.05, 4.69) is 10.6 Å². The largest absolute Gasteiger partial charge is 0.496 e. The molecule has 0 bridgehead atoms. The number of hydrogen-bond donors (Lipinski definition) is 3. The van der Waals surface area contributed by atoms with E-state index < -0.39 is 12.1 Å². The highest BCUT2D eigenvalue weighted by molar-refractivity contribution is 6.31. The van der Waals surface area contributed by atoms with Gasteiger partial charge < -0.3 is 30.9 Å². The highest BCUT2D eigenvalue weighted by Crippen LogP contribution is 2.39. The molecule has 0 spiro atoms. The van der Waals surface area contributed by atoms with Crippen LogP contribution in [0.1, 0.15) is 22.8 Å². The lowest BCUT2D eigenvalue weighted by molar-refractivity contribution is -0.128. The van der Waals surface area contributed by atoms with E-state index in [-0.39, 0.29) is 43.2 Å². The van der Waals surface area contributed by atoms with Crippen LogP contribution >= 0.6 is 24.0 Å². The summed E-state index contributed by atoms with van der Waals surface area (Å²) in [4.78, 5) is 44.5. The summed E-state index contributed by atoms with van der Waals surface area (Å²) >= 11 is 6.46. The molecular formula is C32H33Cl2N5O4. The smallest absolute Gasteiger partial charge is 0.258 e. The van der Waals surface area contributed by atoms with E-state index >= 15 is 0 Å². The van der Waals surface area contributed by atoms with E-state index in [9.17, 15) is 14.4 Å². The Hall–Kier alpha value is -4.31. The third kappa shape index (κ3) is 6.39. The molecule has 0 saturated carbocycles. The van der Waals surface area contributed by atoms with Crippen LogP contribution in [-0.4, -0.2) is 50.5 Å². The Bertz CT molecular complexity index is 1660. The molecule has 0 radical (unpaired) electrons. The van der Waals surface area contributed by atoms with Crippen LogP contribution in [0, 0.1) is 0 Å². The van der Waals surface area contributed by atoms with E-state index in [0.717, 1.165) is 16.3 Å². The summed E-state index contributed by atoms with van der Waals surface area (Å²) in [5.74, 6) is -0.502. The summed E-state index contributed by atoms with van der Waals surface area (Å²) in [5, 5.41) is 8.06. The van der Waals surface area contributed by atoms with Crippen molar-refractivity contribution in [2.45, 2.75) is 25.6 Å². The minimum absolute atomic E-state index is 0. The molecule has 4 N–H and O–H groups in total. The SMILES string of the molecule is CNC(C)C(=O)NC1CN(C(=O)c2ccc(N)cc2)c2cc(Cl)ccc2N(Cc2c(OC)ccc3ccccc23)C1=O.Cl. The number of nitrogen functional groups attached to an aromatic ring is 1. The lowest BCUT2D eigenvalue weighted by atomic mass is 10.0. The van der Waals surface area contributed by atoms with Crippen LogP contribution in [0.2, 0.25) is 5.02 Å². The van der Waals surface area contributed by atoms with E-state index in [1.165, 1.54) is 4.90 Å². The number of benzene rings is 4. The molecule has 5 rings (SSSR count). The number of carbonyl (C=O) groups is 3. The molecule has 9 nitrogen and oxygen atoms in total. The van der Waals surface area contributed by atoms with Gasteiger partial charge in [-0.05, 0) is 73.3 Å². The molecule has 1 aliphatic heterocycles. The molecule has 0 aliphatic carbocycles. The number of amides is 3. The fourth-order valence-corrected chi connectivity index (χ4v) is 5.27. The van der Waals surface area contributed by atoms with Gasteiger partial charge in [0.05, 0.1) is 37.6 Å². The first-order valence-corrected chi connectivity index (χ1v) is 13.9. The van der Waals surface area contributed by atoms with Crippen LogP contribution in [0.25, 0.3) is 10.8 Å². The second-order valence-electron chi connectivity index (χ2n) is 10.1. The molecule has 4 aromatic rings. The van der Waals surface area contributed by atoms with Crippen molar-refractivity contribution in [3.05, 3.63) is 95.0 Å². The van der Waals surface area contributed by atoms with Gasteiger partial charge in [0.25, 0.3) is 11.8 Å². The lowest BCUT2D eigenvalue weighted by Crippen LogP contribution is -2.55. The van der Waals surface area contributed by atoms with Crippen molar-refractivity contribution < 1.29 is 19.1 Å². The molecule has 2 unspecified atom stereocenters. The predicted molar refractivity (Wildman–Crippen MR) is 173 cm³/mol. The van der Waals surface area contributed by atoms with Crippen molar-refractivity contribution in [1.82, 2.24) is 10.6 Å². The highest BCUT2D eigenvalue weighted by Gasteiger charge is 2.38. The fraction of sp³-hybridized carbons (Fsp3) is 0.219.